The zero-order valence-electron chi connectivity index (χ0n) is 10.8. The minimum atomic E-state index is 0.627. The fraction of sp³-hybridized carbons (Fsp3) is 0.615. The summed E-state index contributed by atoms with van der Waals surface area (Å²) in [7, 11) is 1.63. The second-order valence-electron chi connectivity index (χ2n) is 5.01. The topological polar surface area (TPSA) is 51.4 Å². The molecule has 1 aliphatic rings. The Morgan fingerprint density at radius 1 is 1.47 bits per heavy atom. The number of pyridine rings is 1. The van der Waals surface area contributed by atoms with Crippen LogP contribution in [0.1, 0.15) is 20.3 Å². The van der Waals surface area contributed by atoms with Gasteiger partial charge in [0, 0.05) is 19.2 Å². The SMILES string of the molecule is COc1ccc(N)c(N2CCC(C(C)C)C2)n1. The number of ether oxygens (including phenoxy) is 1. The third-order valence-corrected chi connectivity index (χ3v) is 3.56. The van der Waals surface area contributed by atoms with Gasteiger partial charge in [-0.05, 0) is 24.3 Å². The van der Waals surface area contributed by atoms with E-state index in [1.807, 2.05) is 6.07 Å². The highest BCUT2D eigenvalue weighted by Gasteiger charge is 2.26. The summed E-state index contributed by atoms with van der Waals surface area (Å²) in [5.41, 5.74) is 6.72. The number of methoxy groups -OCH3 is 1. The fourth-order valence-corrected chi connectivity index (χ4v) is 2.33. The molecule has 0 aromatic carbocycles. The molecule has 1 fully saturated rings. The van der Waals surface area contributed by atoms with Gasteiger partial charge in [-0.1, -0.05) is 13.8 Å². The highest BCUT2D eigenvalue weighted by Crippen LogP contribution is 2.31. The van der Waals surface area contributed by atoms with Crippen molar-refractivity contribution in [3.63, 3.8) is 0 Å². The average molecular weight is 235 g/mol. The zero-order chi connectivity index (χ0) is 12.4. The van der Waals surface area contributed by atoms with Crippen molar-refractivity contribution in [3.8, 4) is 5.88 Å². The number of nitrogen functional groups attached to an aromatic ring is 1. The van der Waals surface area contributed by atoms with E-state index < -0.39 is 0 Å². The van der Waals surface area contributed by atoms with Gasteiger partial charge in [0.1, 0.15) is 0 Å². The molecule has 1 atom stereocenters. The number of nitrogens with zero attached hydrogens (tertiary/aromatic N) is 2. The molecular formula is C13H21N3O. The van der Waals surface area contributed by atoms with Gasteiger partial charge >= 0.3 is 0 Å². The Hall–Kier alpha value is -1.45. The first kappa shape index (κ1) is 12.0. The smallest absolute Gasteiger partial charge is 0.215 e. The first-order chi connectivity index (χ1) is 8.11. The lowest BCUT2D eigenvalue weighted by Crippen LogP contribution is -2.23. The molecule has 2 N–H and O–H groups in total. The van der Waals surface area contributed by atoms with Gasteiger partial charge in [-0.15, -0.1) is 0 Å². The van der Waals surface area contributed by atoms with Crippen molar-refractivity contribution < 1.29 is 4.74 Å². The van der Waals surface area contributed by atoms with E-state index in [2.05, 4.69) is 23.7 Å². The monoisotopic (exact) mass is 235 g/mol. The third kappa shape index (κ3) is 2.46. The number of hydrogen-bond donors (Lipinski definition) is 1. The van der Waals surface area contributed by atoms with Crippen LogP contribution in [0.4, 0.5) is 11.5 Å². The average Bonchev–Trinajstić information content (AvgIpc) is 2.79. The van der Waals surface area contributed by atoms with Crippen molar-refractivity contribution in [2.75, 3.05) is 30.8 Å². The summed E-state index contributed by atoms with van der Waals surface area (Å²) in [5.74, 6) is 2.95. The summed E-state index contributed by atoms with van der Waals surface area (Å²) in [5, 5.41) is 0. The third-order valence-electron chi connectivity index (χ3n) is 3.56. The Kier molecular flexibility index (Phi) is 3.41. The normalized spacial score (nSPS) is 20.0. The second-order valence-corrected chi connectivity index (χ2v) is 5.01. The molecule has 2 heterocycles. The van der Waals surface area contributed by atoms with Crippen LogP contribution in [0.5, 0.6) is 5.88 Å². The Labute approximate surface area is 103 Å². The first-order valence-corrected chi connectivity index (χ1v) is 6.17. The molecule has 1 unspecified atom stereocenters. The van der Waals surface area contributed by atoms with E-state index in [9.17, 15) is 0 Å². The van der Waals surface area contributed by atoms with Gasteiger partial charge in [0.05, 0.1) is 12.8 Å². The predicted octanol–water partition coefficient (Wildman–Crippen LogP) is 2.15. The molecule has 0 radical (unpaired) electrons. The van der Waals surface area contributed by atoms with Crippen LogP contribution < -0.4 is 15.4 Å². The summed E-state index contributed by atoms with van der Waals surface area (Å²) in [6, 6.07) is 3.67. The molecule has 1 saturated heterocycles. The standard InChI is InChI=1S/C13H21N3O/c1-9(2)10-6-7-16(8-10)13-11(14)4-5-12(15-13)17-3/h4-5,9-10H,6-8,14H2,1-3H3. The first-order valence-electron chi connectivity index (χ1n) is 6.17. The van der Waals surface area contributed by atoms with Gasteiger partial charge in [-0.25, -0.2) is 0 Å². The van der Waals surface area contributed by atoms with E-state index in [0.29, 0.717) is 11.8 Å². The molecule has 0 bridgehead atoms. The lowest BCUT2D eigenvalue weighted by atomic mass is 9.95. The van der Waals surface area contributed by atoms with Gasteiger partial charge in [-0.3, -0.25) is 0 Å². The molecule has 4 nitrogen and oxygen atoms in total. The van der Waals surface area contributed by atoms with Gasteiger partial charge in [0.2, 0.25) is 5.88 Å². The summed E-state index contributed by atoms with van der Waals surface area (Å²) < 4.78 is 5.15. The fourth-order valence-electron chi connectivity index (χ4n) is 2.33. The molecule has 4 heteroatoms. The molecule has 0 aliphatic carbocycles. The van der Waals surface area contributed by atoms with E-state index >= 15 is 0 Å². The predicted molar refractivity (Wildman–Crippen MR) is 70.4 cm³/mol. The van der Waals surface area contributed by atoms with E-state index in [0.717, 1.165) is 30.5 Å². The molecule has 0 saturated carbocycles. The van der Waals surface area contributed by atoms with Crippen LogP contribution in [0.25, 0.3) is 0 Å². The Balaban J connectivity index is 2.18. The van der Waals surface area contributed by atoms with E-state index in [4.69, 9.17) is 10.5 Å². The van der Waals surface area contributed by atoms with Crippen LogP contribution in [-0.4, -0.2) is 25.2 Å². The summed E-state index contributed by atoms with van der Waals surface area (Å²) in [6.07, 6.45) is 1.22. The minimum Gasteiger partial charge on any atom is -0.481 e. The number of aromatic nitrogens is 1. The number of anilines is 2. The van der Waals surface area contributed by atoms with Crippen LogP contribution in [0.15, 0.2) is 12.1 Å². The van der Waals surface area contributed by atoms with Crippen LogP contribution in [0.3, 0.4) is 0 Å². The van der Waals surface area contributed by atoms with Crippen molar-refractivity contribution >= 4 is 11.5 Å². The van der Waals surface area contributed by atoms with Crippen LogP contribution in [0.2, 0.25) is 0 Å². The lowest BCUT2D eigenvalue weighted by molar-refractivity contribution is 0.397. The van der Waals surface area contributed by atoms with Crippen LogP contribution in [-0.2, 0) is 0 Å². The minimum absolute atomic E-state index is 0.627. The molecular weight excluding hydrogens is 214 g/mol. The van der Waals surface area contributed by atoms with E-state index in [1.54, 1.807) is 13.2 Å². The molecule has 17 heavy (non-hydrogen) atoms. The zero-order valence-corrected chi connectivity index (χ0v) is 10.8. The highest BCUT2D eigenvalue weighted by molar-refractivity contribution is 5.64. The van der Waals surface area contributed by atoms with Gasteiger partial charge in [0.25, 0.3) is 0 Å². The van der Waals surface area contributed by atoms with E-state index in [1.165, 1.54) is 6.42 Å². The van der Waals surface area contributed by atoms with Gasteiger partial charge in [0.15, 0.2) is 5.82 Å². The molecule has 94 valence electrons. The van der Waals surface area contributed by atoms with Gasteiger partial charge in [-0.2, -0.15) is 4.98 Å². The Morgan fingerprint density at radius 3 is 2.82 bits per heavy atom. The molecule has 1 aliphatic heterocycles. The quantitative estimate of drug-likeness (QED) is 0.872. The van der Waals surface area contributed by atoms with Gasteiger partial charge < -0.3 is 15.4 Å². The molecule has 0 spiro atoms. The van der Waals surface area contributed by atoms with Crippen LogP contribution >= 0.6 is 0 Å². The second kappa shape index (κ2) is 4.82. The largest absolute Gasteiger partial charge is 0.481 e. The highest BCUT2D eigenvalue weighted by atomic mass is 16.5. The summed E-state index contributed by atoms with van der Waals surface area (Å²) in [6.45, 7) is 6.63. The number of nitrogens with two attached hydrogens (primary N) is 1. The number of hydrogen-bond acceptors (Lipinski definition) is 4. The van der Waals surface area contributed by atoms with E-state index in [-0.39, 0.29) is 0 Å². The Morgan fingerprint density at radius 2 is 2.24 bits per heavy atom. The van der Waals surface area contributed by atoms with Crippen molar-refractivity contribution in [2.24, 2.45) is 11.8 Å². The number of rotatable bonds is 3. The maximum atomic E-state index is 5.99. The van der Waals surface area contributed by atoms with Crippen molar-refractivity contribution in [3.05, 3.63) is 12.1 Å². The maximum absolute atomic E-state index is 5.99. The molecule has 1 aromatic heterocycles. The molecule has 0 amide bonds. The summed E-state index contributed by atoms with van der Waals surface area (Å²) in [4.78, 5) is 6.71. The molecule has 2 rings (SSSR count). The Bertz CT molecular complexity index is 392. The maximum Gasteiger partial charge on any atom is 0.215 e. The summed E-state index contributed by atoms with van der Waals surface area (Å²) >= 11 is 0. The van der Waals surface area contributed by atoms with Crippen molar-refractivity contribution in [1.82, 2.24) is 4.98 Å². The van der Waals surface area contributed by atoms with Crippen molar-refractivity contribution in [2.45, 2.75) is 20.3 Å². The van der Waals surface area contributed by atoms with Crippen LogP contribution in [0, 0.1) is 11.8 Å². The lowest BCUT2D eigenvalue weighted by Gasteiger charge is -2.20. The molecule has 1 aromatic rings. The van der Waals surface area contributed by atoms with Crippen molar-refractivity contribution in [1.29, 1.82) is 0 Å².